The quantitative estimate of drug-likeness (QED) is 0.720. The molecule has 0 radical (unpaired) electrons. The molecule has 1 aliphatic rings. The van der Waals surface area contributed by atoms with Gasteiger partial charge in [-0.3, -0.25) is 0 Å². The van der Waals surface area contributed by atoms with E-state index in [0.29, 0.717) is 0 Å². The molecule has 1 fully saturated rings. The first-order valence-electron chi connectivity index (χ1n) is 6.29. The predicted molar refractivity (Wildman–Crippen MR) is 72.9 cm³/mol. The molecule has 1 heterocycles. The van der Waals surface area contributed by atoms with Crippen molar-refractivity contribution in [3.8, 4) is 0 Å². The topological polar surface area (TPSA) is 3.24 Å². The van der Waals surface area contributed by atoms with E-state index in [4.69, 9.17) is 0 Å². The third-order valence-electron chi connectivity index (χ3n) is 3.11. The summed E-state index contributed by atoms with van der Waals surface area (Å²) >= 11 is 2.06. The largest absolute Gasteiger partial charge is 0.303 e. The number of hydrogen-bond acceptors (Lipinski definition) is 2. The Morgan fingerprint density at radius 2 is 1.75 bits per heavy atom. The lowest BCUT2D eigenvalue weighted by molar-refractivity contribution is 0.242. The Kier molecular flexibility index (Phi) is 5.23. The van der Waals surface area contributed by atoms with Gasteiger partial charge in [0.05, 0.1) is 0 Å². The van der Waals surface area contributed by atoms with Crippen LogP contribution >= 0.6 is 11.8 Å². The summed E-state index contributed by atoms with van der Waals surface area (Å²) < 4.78 is 0. The molecule has 0 amide bonds. The van der Waals surface area contributed by atoms with Crippen molar-refractivity contribution in [3.05, 3.63) is 35.9 Å². The van der Waals surface area contributed by atoms with Crippen molar-refractivity contribution in [1.29, 1.82) is 0 Å². The van der Waals surface area contributed by atoms with Crippen molar-refractivity contribution >= 4 is 11.8 Å². The fourth-order valence-electron chi connectivity index (χ4n) is 2.14. The second kappa shape index (κ2) is 6.97. The number of hydrogen-bond donors (Lipinski definition) is 0. The number of likely N-dealkylation sites (tertiary alicyclic amines) is 1. The Morgan fingerprint density at radius 3 is 2.50 bits per heavy atom. The monoisotopic (exact) mass is 235 g/mol. The molecule has 0 unspecified atom stereocenters. The highest BCUT2D eigenvalue weighted by Crippen LogP contribution is 2.13. The lowest BCUT2D eigenvalue weighted by Crippen LogP contribution is -2.31. The van der Waals surface area contributed by atoms with E-state index in [1.165, 1.54) is 50.2 Å². The van der Waals surface area contributed by atoms with Crippen molar-refractivity contribution in [2.24, 2.45) is 0 Å². The third kappa shape index (κ3) is 4.18. The van der Waals surface area contributed by atoms with Crippen molar-refractivity contribution in [2.75, 3.05) is 25.4 Å². The van der Waals surface area contributed by atoms with Crippen LogP contribution in [-0.4, -0.2) is 30.3 Å². The zero-order valence-corrected chi connectivity index (χ0v) is 10.7. The average molecular weight is 235 g/mol. The second-order valence-corrected chi connectivity index (χ2v) is 5.55. The molecule has 1 aromatic rings. The van der Waals surface area contributed by atoms with Crippen LogP contribution in [-0.2, 0) is 5.75 Å². The molecule has 0 atom stereocenters. The van der Waals surface area contributed by atoms with Gasteiger partial charge >= 0.3 is 0 Å². The Morgan fingerprint density at radius 1 is 1.00 bits per heavy atom. The molecule has 1 aliphatic heterocycles. The Labute approximate surface area is 103 Å². The van der Waals surface area contributed by atoms with E-state index in [2.05, 4.69) is 47.0 Å². The molecule has 0 aromatic heterocycles. The van der Waals surface area contributed by atoms with Crippen LogP contribution in [0, 0.1) is 0 Å². The van der Waals surface area contributed by atoms with Crippen molar-refractivity contribution < 1.29 is 0 Å². The molecular formula is C14H21NS. The molecule has 2 heteroatoms. The molecule has 0 spiro atoms. The van der Waals surface area contributed by atoms with Gasteiger partial charge in [-0.25, -0.2) is 0 Å². The fraction of sp³-hybridized carbons (Fsp3) is 0.571. The van der Waals surface area contributed by atoms with Gasteiger partial charge < -0.3 is 4.90 Å². The summed E-state index contributed by atoms with van der Waals surface area (Å²) in [5, 5.41) is 0. The molecular weight excluding hydrogens is 214 g/mol. The van der Waals surface area contributed by atoms with E-state index in [1.54, 1.807) is 0 Å². The average Bonchev–Trinajstić information content (AvgIpc) is 2.37. The first kappa shape index (κ1) is 12.0. The smallest absolute Gasteiger partial charge is 0.0185 e. The van der Waals surface area contributed by atoms with Gasteiger partial charge in [0.2, 0.25) is 0 Å². The minimum Gasteiger partial charge on any atom is -0.303 e. The van der Waals surface area contributed by atoms with Gasteiger partial charge in [-0.05, 0) is 31.5 Å². The minimum atomic E-state index is 1.16. The Balaban J connectivity index is 1.58. The summed E-state index contributed by atoms with van der Waals surface area (Å²) in [6.07, 6.45) is 4.25. The van der Waals surface area contributed by atoms with Crippen molar-refractivity contribution in [3.63, 3.8) is 0 Å². The van der Waals surface area contributed by atoms with Gasteiger partial charge in [0.1, 0.15) is 0 Å². The van der Waals surface area contributed by atoms with Gasteiger partial charge in [-0.2, -0.15) is 11.8 Å². The molecule has 1 aromatic carbocycles. The zero-order valence-electron chi connectivity index (χ0n) is 9.90. The standard InChI is InChI=1S/C14H21NS/c1-3-7-14(8-4-1)13-16-12-11-15-9-5-2-6-10-15/h1,3-4,7-8H,2,5-6,9-13H2. The van der Waals surface area contributed by atoms with Crippen LogP contribution in [0.5, 0.6) is 0 Å². The van der Waals surface area contributed by atoms with E-state index in [9.17, 15) is 0 Å². The number of rotatable bonds is 5. The van der Waals surface area contributed by atoms with E-state index >= 15 is 0 Å². The van der Waals surface area contributed by atoms with Gasteiger partial charge in [0.15, 0.2) is 0 Å². The van der Waals surface area contributed by atoms with Gasteiger partial charge in [-0.15, -0.1) is 0 Å². The molecule has 1 nitrogen and oxygen atoms in total. The van der Waals surface area contributed by atoms with Crippen LogP contribution in [0.15, 0.2) is 30.3 Å². The zero-order chi connectivity index (χ0) is 11.1. The molecule has 1 saturated heterocycles. The van der Waals surface area contributed by atoms with Crippen LogP contribution in [0.25, 0.3) is 0 Å². The molecule has 0 saturated carbocycles. The fourth-order valence-corrected chi connectivity index (χ4v) is 3.10. The van der Waals surface area contributed by atoms with Gasteiger partial charge in [-0.1, -0.05) is 36.8 Å². The Hall–Kier alpha value is -0.470. The Bertz CT molecular complexity index is 280. The summed E-state index contributed by atoms with van der Waals surface area (Å²) in [4.78, 5) is 2.61. The van der Waals surface area contributed by atoms with E-state index in [1.807, 2.05) is 0 Å². The molecule has 16 heavy (non-hydrogen) atoms. The predicted octanol–water partition coefficient (Wildman–Crippen LogP) is 3.41. The third-order valence-corrected chi connectivity index (χ3v) is 4.12. The normalized spacial score (nSPS) is 17.5. The molecule has 0 N–H and O–H groups in total. The van der Waals surface area contributed by atoms with E-state index < -0.39 is 0 Å². The highest BCUT2D eigenvalue weighted by Gasteiger charge is 2.08. The van der Waals surface area contributed by atoms with Crippen LogP contribution < -0.4 is 0 Å². The van der Waals surface area contributed by atoms with Crippen molar-refractivity contribution in [2.45, 2.75) is 25.0 Å². The van der Waals surface area contributed by atoms with Gasteiger partial charge in [0, 0.05) is 18.1 Å². The molecule has 0 bridgehead atoms. The van der Waals surface area contributed by atoms with Crippen LogP contribution in [0.3, 0.4) is 0 Å². The first-order chi connectivity index (χ1) is 7.95. The first-order valence-corrected chi connectivity index (χ1v) is 7.44. The van der Waals surface area contributed by atoms with Crippen LogP contribution in [0.2, 0.25) is 0 Å². The summed E-state index contributed by atoms with van der Waals surface area (Å²) in [6, 6.07) is 10.8. The van der Waals surface area contributed by atoms with E-state index in [-0.39, 0.29) is 0 Å². The van der Waals surface area contributed by atoms with Crippen LogP contribution in [0.4, 0.5) is 0 Å². The lowest BCUT2D eigenvalue weighted by Gasteiger charge is -2.26. The number of nitrogens with zero attached hydrogens (tertiary/aromatic N) is 1. The second-order valence-electron chi connectivity index (χ2n) is 4.44. The highest BCUT2D eigenvalue weighted by molar-refractivity contribution is 7.98. The maximum atomic E-state index is 2.61. The maximum absolute atomic E-state index is 2.61. The molecule has 88 valence electrons. The molecule has 2 rings (SSSR count). The van der Waals surface area contributed by atoms with Gasteiger partial charge in [0.25, 0.3) is 0 Å². The van der Waals surface area contributed by atoms with Crippen molar-refractivity contribution in [1.82, 2.24) is 4.90 Å². The summed E-state index contributed by atoms with van der Waals surface area (Å²) in [5.41, 5.74) is 1.45. The summed E-state index contributed by atoms with van der Waals surface area (Å²) in [6.45, 7) is 3.93. The summed E-state index contributed by atoms with van der Waals surface area (Å²) in [5.74, 6) is 2.43. The lowest BCUT2D eigenvalue weighted by atomic mass is 10.1. The number of piperidine rings is 1. The highest BCUT2D eigenvalue weighted by atomic mass is 32.2. The SMILES string of the molecule is c1ccc(CSCCN2CCCCC2)cc1. The number of thioether (sulfide) groups is 1. The van der Waals surface area contributed by atoms with E-state index in [0.717, 1.165) is 5.75 Å². The molecule has 0 aliphatic carbocycles. The maximum Gasteiger partial charge on any atom is 0.0185 e. The van der Waals surface area contributed by atoms with Crippen LogP contribution in [0.1, 0.15) is 24.8 Å². The minimum absolute atomic E-state index is 1.16. The summed E-state index contributed by atoms with van der Waals surface area (Å²) in [7, 11) is 0. The number of benzene rings is 1.